The van der Waals surface area contributed by atoms with Crippen LogP contribution in [0.5, 0.6) is 0 Å². The first-order valence-corrected chi connectivity index (χ1v) is 6.29. The van der Waals surface area contributed by atoms with Crippen LogP contribution in [0.15, 0.2) is 30.5 Å². The number of thiophene rings is 1. The minimum absolute atomic E-state index is 0.806. The van der Waals surface area contributed by atoms with Gasteiger partial charge in [0.25, 0.3) is 0 Å². The molecule has 0 aliphatic heterocycles. The number of hydrogen-bond donors (Lipinski definition) is 1. The molecule has 0 atom stereocenters. The third-order valence-corrected chi connectivity index (χ3v) is 3.82. The molecule has 3 aromatic heterocycles. The highest BCUT2D eigenvalue weighted by atomic mass is 32.1. The Hall–Kier alpha value is -1.88. The zero-order chi connectivity index (χ0) is 11.8. The van der Waals surface area contributed by atoms with Crippen LogP contribution in [0.25, 0.3) is 17.0 Å². The number of aromatic nitrogens is 3. The van der Waals surface area contributed by atoms with Crippen molar-refractivity contribution in [2.24, 2.45) is 0 Å². The first kappa shape index (κ1) is 10.3. The van der Waals surface area contributed by atoms with Crippen molar-refractivity contribution in [1.29, 1.82) is 0 Å². The molecule has 3 rings (SSSR count). The summed E-state index contributed by atoms with van der Waals surface area (Å²) in [6, 6.07) is 7.94. The fourth-order valence-corrected chi connectivity index (χ4v) is 2.70. The number of nitrogens with zero attached hydrogens (tertiary/aromatic N) is 3. The summed E-state index contributed by atoms with van der Waals surface area (Å²) in [5, 5.41) is 9.15. The minimum Gasteiger partial charge on any atom is -0.390 e. The van der Waals surface area contributed by atoms with Crippen molar-refractivity contribution in [2.45, 2.75) is 13.3 Å². The van der Waals surface area contributed by atoms with E-state index in [0.717, 1.165) is 28.5 Å². The van der Waals surface area contributed by atoms with Crippen LogP contribution in [0.2, 0.25) is 0 Å². The van der Waals surface area contributed by atoms with Crippen LogP contribution in [0.1, 0.15) is 11.8 Å². The van der Waals surface area contributed by atoms with Gasteiger partial charge in [-0.1, -0.05) is 13.0 Å². The lowest BCUT2D eigenvalue weighted by Gasteiger charge is -1.97. The monoisotopic (exact) mass is 244 g/mol. The van der Waals surface area contributed by atoms with E-state index in [0.29, 0.717) is 0 Å². The van der Waals surface area contributed by atoms with Crippen LogP contribution >= 0.6 is 11.3 Å². The van der Waals surface area contributed by atoms with Gasteiger partial charge in [-0.2, -0.15) is 0 Å². The molecule has 2 N–H and O–H groups in total. The van der Waals surface area contributed by atoms with E-state index in [-0.39, 0.29) is 0 Å². The van der Waals surface area contributed by atoms with Crippen LogP contribution in [-0.4, -0.2) is 14.6 Å². The standard InChI is InChI=1S/C12H12N4S/c1-2-8-7-9(11(13)17-8)12-15-14-10-5-3-4-6-16(10)12/h3-7H,2,13H2,1H3. The molecule has 0 saturated heterocycles. The van der Waals surface area contributed by atoms with Gasteiger partial charge in [-0.05, 0) is 24.6 Å². The molecule has 0 spiro atoms. The number of aryl methyl sites for hydroxylation is 1. The molecule has 5 heteroatoms. The van der Waals surface area contributed by atoms with Crippen molar-refractivity contribution < 1.29 is 0 Å². The smallest absolute Gasteiger partial charge is 0.171 e. The number of nitrogens with two attached hydrogens (primary N) is 1. The summed E-state index contributed by atoms with van der Waals surface area (Å²) in [7, 11) is 0. The summed E-state index contributed by atoms with van der Waals surface area (Å²) >= 11 is 1.62. The van der Waals surface area contributed by atoms with E-state index in [2.05, 4.69) is 23.2 Å². The molecule has 3 aromatic rings. The largest absolute Gasteiger partial charge is 0.390 e. The van der Waals surface area contributed by atoms with Gasteiger partial charge in [-0.25, -0.2) is 0 Å². The summed E-state index contributed by atoms with van der Waals surface area (Å²) in [6.07, 6.45) is 2.94. The summed E-state index contributed by atoms with van der Waals surface area (Å²) in [4.78, 5) is 1.27. The Morgan fingerprint density at radius 2 is 2.24 bits per heavy atom. The number of rotatable bonds is 2. The normalized spacial score (nSPS) is 11.1. The SMILES string of the molecule is CCc1cc(-c2nnc3ccccn23)c(N)s1. The van der Waals surface area contributed by atoms with Gasteiger partial charge >= 0.3 is 0 Å². The second-order valence-electron chi connectivity index (χ2n) is 3.80. The number of nitrogen functional groups attached to an aromatic ring is 1. The van der Waals surface area contributed by atoms with Gasteiger partial charge in [0.15, 0.2) is 11.5 Å². The number of fused-ring (bicyclic) bond motifs is 1. The topological polar surface area (TPSA) is 56.2 Å². The highest BCUT2D eigenvalue weighted by molar-refractivity contribution is 7.16. The van der Waals surface area contributed by atoms with Gasteiger partial charge < -0.3 is 5.73 Å². The molecular weight excluding hydrogens is 232 g/mol. The molecule has 0 radical (unpaired) electrons. The number of anilines is 1. The van der Waals surface area contributed by atoms with E-state index in [1.165, 1.54) is 4.88 Å². The first-order chi connectivity index (χ1) is 8.29. The fraction of sp³-hybridized carbons (Fsp3) is 0.167. The maximum Gasteiger partial charge on any atom is 0.171 e. The molecule has 0 aliphatic carbocycles. The third kappa shape index (κ3) is 1.59. The second-order valence-corrected chi connectivity index (χ2v) is 4.96. The highest BCUT2D eigenvalue weighted by Crippen LogP contribution is 2.33. The van der Waals surface area contributed by atoms with Crippen LogP contribution < -0.4 is 5.73 Å². The third-order valence-electron chi connectivity index (χ3n) is 2.71. The van der Waals surface area contributed by atoms with Crippen LogP contribution in [0, 0.1) is 0 Å². The zero-order valence-corrected chi connectivity index (χ0v) is 10.2. The number of pyridine rings is 1. The first-order valence-electron chi connectivity index (χ1n) is 5.48. The average Bonchev–Trinajstić information content (AvgIpc) is 2.92. The summed E-state index contributed by atoms with van der Waals surface area (Å²) in [5.41, 5.74) is 7.85. The van der Waals surface area contributed by atoms with Crippen molar-refractivity contribution in [3.05, 3.63) is 35.3 Å². The van der Waals surface area contributed by atoms with Crippen molar-refractivity contribution in [3.63, 3.8) is 0 Å². The Morgan fingerprint density at radius 3 is 3.00 bits per heavy atom. The summed E-state index contributed by atoms with van der Waals surface area (Å²) in [5.74, 6) is 0.814. The predicted molar refractivity (Wildman–Crippen MR) is 70.1 cm³/mol. The molecule has 0 aliphatic rings. The maximum absolute atomic E-state index is 6.04. The van der Waals surface area contributed by atoms with Gasteiger partial charge in [0.05, 0.1) is 10.6 Å². The van der Waals surface area contributed by atoms with Gasteiger partial charge in [-0.3, -0.25) is 4.40 Å². The van der Waals surface area contributed by atoms with Crippen LogP contribution in [0.4, 0.5) is 5.00 Å². The van der Waals surface area contributed by atoms with Crippen LogP contribution in [-0.2, 0) is 6.42 Å². The van der Waals surface area contributed by atoms with Gasteiger partial charge in [-0.15, -0.1) is 21.5 Å². The minimum atomic E-state index is 0.806. The van der Waals surface area contributed by atoms with E-state index in [1.807, 2.05) is 28.8 Å². The maximum atomic E-state index is 6.04. The Labute approximate surface area is 103 Å². The molecule has 3 heterocycles. The molecule has 0 bridgehead atoms. The summed E-state index contributed by atoms with van der Waals surface area (Å²) in [6.45, 7) is 2.12. The van der Waals surface area contributed by atoms with Crippen molar-refractivity contribution in [3.8, 4) is 11.4 Å². The van der Waals surface area contributed by atoms with Crippen molar-refractivity contribution in [2.75, 3.05) is 5.73 Å². The lowest BCUT2D eigenvalue weighted by molar-refractivity contribution is 1.11. The molecule has 4 nitrogen and oxygen atoms in total. The van der Waals surface area contributed by atoms with E-state index in [9.17, 15) is 0 Å². The van der Waals surface area contributed by atoms with Crippen molar-refractivity contribution in [1.82, 2.24) is 14.6 Å². The molecular formula is C12H12N4S. The molecule has 0 fully saturated rings. The molecule has 0 saturated carbocycles. The predicted octanol–water partition coefficient (Wildman–Crippen LogP) is 2.60. The fourth-order valence-electron chi connectivity index (χ4n) is 1.83. The van der Waals surface area contributed by atoms with E-state index >= 15 is 0 Å². The Balaban J connectivity index is 2.23. The lowest BCUT2D eigenvalue weighted by Crippen LogP contribution is -1.90. The summed E-state index contributed by atoms with van der Waals surface area (Å²) < 4.78 is 1.96. The van der Waals surface area contributed by atoms with Gasteiger partial charge in [0.2, 0.25) is 0 Å². The van der Waals surface area contributed by atoms with Gasteiger partial charge in [0, 0.05) is 11.1 Å². The van der Waals surface area contributed by atoms with Crippen molar-refractivity contribution >= 4 is 22.0 Å². The van der Waals surface area contributed by atoms with E-state index in [1.54, 1.807) is 11.3 Å². The zero-order valence-electron chi connectivity index (χ0n) is 9.42. The number of hydrogen-bond acceptors (Lipinski definition) is 4. The Kier molecular flexibility index (Phi) is 2.33. The van der Waals surface area contributed by atoms with Crippen LogP contribution in [0.3, 0.4) is 0 Å². The van der Waals surface area contributed by atoms with E-state index < -0.39 is 0 Å². The van der Waals surface area contributed by atoms with Gasteiger partial charge in [0.1, 0.15) is 0 Å². The molecule has 0 aromatic carbocycles. The highest BCUT2D eigenvalue weighted by Gasteiger charge is 2.13. The average molecular weight is 244 g/mol. The quantitative estimate of drug-likeness (QED) is 0.754. The molecule has 86 valence electrons. The Morgan fingerprint density at radius 1 is 1.35 bits per heavy atom. The Bertz CT molecular complexity index is 668. The lowest BCUT2D eigenvalue weighted by atomic mass is 10.2. The van der Waals surface area contributed by atoms with E-state index in [4.69, 9.17) is 5.73 Å². The molecule has 0 unspecified atom stereocenters. The molecule has 17 heavy (non-hydrogen) atoms. The molecule has 0 amide bonds. The second kappa shape index (κ2) is 3.85.